The predicted octanol–water partition coefficient (Wildman–Crippen LogP) is 3.79. The molecule has 0 bridgehead atoms. The molecule has 3 rings (SSSR count). The van der Waals surface area contributed by atoms with Crippen molar-refractivity contribution in [2.24, 2.45) is 0 Å². The van der Waals surface area contributed by atoms with Crippen LogP contribution in [0.3, 0.4) is 0 Å². The summed E-state index contributed by atoms with van der Waals surface area (Å²) in [7, 11) is 1.67. The average Bonchev–Trinajstić information content (AvgIpc) is 2.48. The van der Waals surface area contributed by atoms with Crippen LogP contribution in [0.5, 0.6) is 5.75 Å². The molecule has 1 aliphatic rings. The molecule has 1 aliphatic heterocycles. The lowest BCUT2D eigenvalue weighted by Gasteiger charge is -2.28. The zero-order chi connectivity index (χ0) is 15.0. The highest BCUT2D eigenvalue weighted by Gasteiger charge is 2.28. The predicted molar refractivity (Wildman–Crippen MR) is 84.0 cm³/mol. The van der Waals surface area contributed by atoms with Crippen molar-refractivity contribution in [3.63, 3.8) is 0 Å². The Morgan fingerprint density at radius 3 is 2.57 bits per heavy atom. The maximum Gasteiger partial charge on any atom is 0.225 e. The highest BCUT2D eigenvalue weighted by atomic mass is 16.5. The Morgan fingerprint density at radius 2 is 1.81 bits per heavy atom. The summed E-state index contributed by atoms with van der Waals surface area (Å²) in [5.41, 5.74) is 5.59. The lowest BCUT2D eigenvalue weighted by Crippen LogP contribution is -2.24. The van der Waals surface area contributed by atoms with E-state index in [4.69, 9.17) is 4.74 Å². The van der Waals surface area contributed by atoms with Crippen LogP contribution in [0.4, 0.5) is 5.69 Å². The second kappa shape index (κ2) is 5.24. The van der Waals surface area contributed by atoms with Gasteiger partial charge in [0.1, 0.15) is 5.75 Å². The molecule has 0 unspecified atom stereocenters. The average molecular weight is 281 g/mol. The van der Waals surface area contributed by atoms with Gasteiger partial charge in [-0.25, -0.2) is 0 Å². The summed E-state index contributed by atoms with van der Waals surface area (Å²) in [6.07, 6.45) is 0.454. The molecule has 3 heteroatoms. The van der Waals surface area contributed by atoms with E-state index in [9.17, 15) is 4.79 Å². The van der Waals surface area contributed by atoms with E-state index in [1.165, 1.54) is 16.7 Å². The minimum absolute atomic E-state index is 0.0456. The summed E-state index contributed by atoms with van der Waals surface area (Å²) >= 11 is 0. The number of benzene rings is 2. The maximum atomic E-state index is 12.1. The van der Waals surface area contributed by atoms with E-state index < -0.39 is 0 Å². The molecule has 0 saturated carbocycles. The minimum atomic E-state index is 0.0456. The Labute approximate surface area is 124 Å². The van der Waals surface area contributed by atoms with Crippen LogP contribution in [0.2, 0.25) is 0 Å². The summed E-state index contributed by atoms with van der Waals surface area (Å²) in [6.45, 7) is 4.17. The van der Waals surface area contributed by atoms with Gasteiger partial charge in [0.15, 0.2) is 0 Å². The van der Waals surface area contributed by atoms with Crippen molar-refractivity contribution >= 4 is 11.6 Å². The Morgan fingerprint density at radius 1 is 1.10 bits per heavy atom. The van der Waals surface area contributed by atoms with E-state index in [0.717, 1.165) is 17.0 Å². The van der Waals surface area contributed by atoms with Crippen LogP contribution >= 0.6 is 0 Å². The lowest BCUT2D eigenvalue weighted by molar-refractivity contribution is -0.116. The molecule has 0 aliphatic carbocycles. The van der Waals surface area contributed by atoms with Crippen molar-refractivity contribution in [2.45, 2.75) is 26.2 Å². The van der Waals surface area contributed by atoms with Gasteiger partial charge in [0.25, 0.3) is 0 Å². The van der Waals surface area contributed by atoms with Gasteiger partial charge in [0.05, 0.1) is 7.11 Å². The number of amides is 1. The van der Waals surface area contributed by atoms with Gasteiger partial charge in [-0.2, -0.15) is 0 Å². The quantitative estimate of drug-likeness (QED) is 0.909. The zero-order valence-electron chi connectivity index (χ0n) is 12.6. The van der Waals surface area contributed by atoms with E-state index in [-0.39, 0.29) is 11.8 Å². The monoisotopic (exact) mass is 281 g/mol. The van der Waals surface area contributed by atoms with Crippen LogP contribution in [0.25, 0.3) is 0 Å². The number of ether oxygens (including phenoxy) is 1. The largest absolute Gasteiger partial charge is 0.496 e. The molecule has 0 spiro atoms. The first kappa shape index (κ1) is 13.7. The molecule has 2 aromatic carbocycles. The number of carbonyl (C=O) groups is 1. The Bertz CT molecular complexity index is 706. The van der Waals surface area contributed by atoms with Gasteiger partial charge in [-0.15, -0.1) is 0 Å². The molecule has 1 N–H and O–H groups in total. The molecule has 0 fully saturated rings. The van der Waals surface area contributed by atoms with Gasteiger partial charge < -0.3 is 10.1 Å². The molecule has 2 aromatic rings. The van der Waals surface area contributed by atoms with Crippen molar-refractivity contribution in [2.75, 3.05) is 12.4 Å². The Balaban J connectivity index is 2.17. The van der Waals surface area contributed by atoms with Crippen molar-refractivity contribution in [1.82, 2.24) is 0 Å². The number of rotatable bonds is 2. The molecule has 0 saturated heterocycles. The van der Waals surface area contributed by atoms with Crippen molar-refractivity contribution in [1.29, 1.82) is 0 Å². The van der Waals surface area contributed by atoms with E-state index in [1.807, 2.05) is 24.3 Å². The number of fused-ring (bicyclic) bond motifs is 1. The van der Waals surface area contributed by atoms with Crippen LogP contribution in [-0.2, 0) is 4.79 Å². The van der Waals surface area contributed by atoms with Gasteiger partial charge in [0.2, 0.25) is 5.91 Å². The smallest absolute Gasteiger partial charge is 0.225 e. The number of methoxy groups -OCH3 is 1. The van der Waals surface area contributed by atoms with Crippen molar-refractivity contribution < 1.29 is 9.53 Å². The standard InChI is InChI=1S/C18H19NO2/c1-11-8-15-14(13-6-4-5-7-17(13)21-3)10-18(20)19-16(15)9-12(11)2/h4-9,14H,10H2,1-3H3,(H,19,20)/t14-/m1/s1. The third-order valence-electron chi connectivity index (χ3n) is 4.22. The molecule has 1 heterocycles. The highest BCUT2D eigenvalue weighted by Crippen LogP contribution is 2.41. The van der Waals surface area contributed by atoms with E-state index >= 15 is 0 Å². The second-order valence-electron chi connectivity index (χ2n) is 5.57. The second-order valence-corrected chi connectivity index (χ2v) is 5.57. The number of hydrogen-bond acceptors (Lipinski definition) is 2. The summed E-state index contributed by atoms with van der Waals surface area (Å²) in [4.78, 5) is 12.1. The number of carbonyl (C=O) groups excluding carboxylic acids is 1. The van der Waals surface area contributed by atoms with Gasteiger partial charge in [0, 0.05) is 23.6 Å². The Kier molecular flexibility index (Phi) is 3.42. The van der Waals surface area contributed by atoms with Gasteiger partial charge in [-0.1, -0.05) is 24.3 Å². The molecular weight excluding hydrogens is 262 g/mol. The number of aryl methyl sites for hydroxylation is 2. The SMILES string of the molecule is COc1ccccc1[C@H]1CC(=O)Nc2cc(C)c(C)cc21. The van der Waals surface area contributed by atoms with Gasteiger partial charge >= 0.3 is 0 Å². The molecular formula is C18H19NO2. The number of para-hydroxylation sites is 1. The molecule has 3 nitrogen and oxygen atoms in total. The fraction of sp³-hybridized carbons (Fsp3) is 0.278. The number of hydrogen-bond donors (Lipinski definition) is 1. The van der Waals surface area contributed by atoms with E-state index in [2.05, 4.69) is 31.3 Å². The fourth-order valence-corrected chi connectivity index (χ4v) is 2.96. The first-order chi connectivity index (χ1) is 10.1. The summed E-state index contributed by atoms with van der Waals surface area (Å²) < 4.78 is 5.47. The maximum absolute atomic E-state index is 12.1. The molecule has 0 radical (unpaired) electrons. The first-order valence-electron chi connectivity index (χ1n) is 7.14. The summed E-state index contributed by atoms with van der Waals surface area (Å²) in [6, 6.07) is 12.2. The molecule has 21 heavy (non-hydrogen) atoms. The molecule has 108 valence electrons. The van der Waals surface area contributed by atoms with Crippen LogP contribution in [0.15, 0.2) is 36.4 Å². The van der Waals surface area contributed by atoms with Crippen LogP contribution in [0, 0.1) is 13.8 Å². The molecule has 0 aromatic heterocycles. The Hall–Kier alpha value is -2.29. The first-order valence-corrected chi connectivity index (χ1v) is 7.14. The summed E-state index contributed by atoms with van der Waals surface area (Å²) in [5.74, 6) is 0.937. The van der Waals surface area contributed by atoms with Gasteiger partial charge in [-0.3, -0.25) is 4.79 Å². The molecule has 1 atom stereocenters. The zero-order valence-corrected chi connectivity index (χ0v) is 12.6. The fourth-order valence-electron chi connectivity index (χ4n) is 2.96. The minimum Gasteiger partial charge on any atom is -0.496 e. The van der Waals surface area contributed by atoms with Crippen LogP contribution < -0.4 is 10.1 Å². The number of nitrogens with one attached hydrogen (secondary N) is 1. The van der Waals surface area contributed by atoms with E-state index in [0.29, 0.717) is 6.42 Å². The van der Waals surface area contributed by atoms with E-state index in [1.54, 1.807) is 7.11 Å². The van der Waals surface area contributed by atoms with Gasteiger partial charge in [-0.05, 0) is 42.7 Å². The third kappa shape index (κ3) is 2.40. The van der Waals surface area contributed by atoms with Crippen molar-refractivity contribution in [3.05, 3.63) is 58.7 Å². The highest BCUT2D eigenvalue weighted by molar-refractivity contribution is 5.95. The normalized spacial score (nSPS) is 17.1. The number of anilines is 1. The topological polar surface area (TPSA) is 38.3 Å². The third-order valence-corrected chi connectivity index (χ3v) is 4.22. The lowest BCUT2D eigenvalue weighted by atomic mass is 9.83. The molecule has 1 amide bonds. The van der Waals surface area contributed by atoms with Crippen molar-refractivity contribution in [3.8, 4) is 5.75 Å². The van der Waals surface area contributed by atoms with Crippen LogP contribution in [-0.4, -0.2) is 13.0 Å². The van der Waals surface area contributed by atoms with Crippen LogP contribution in [0.1, 0.15) is 34.6 Å². The summed E-state index contributed by atoms with van der Waals surface area (Å²) in [5, 5.41) is 2.99.